The summed E-state index contributed by atoms with van der Waals surface area (Å²) in [6.07, 6.45) is 6.57. The standard InChI is InChI=1S/C19H24N4O2/c1-12(2)8-15(11-25-3)21-19-22-17(18(24)23-19)10-13-4-5-16-14(9-13)6-7-20-16/h4-7,9-10,12,15,24H,8,11H2,1-3H3,(H2,21,22,23)/b13-10+/t15-/m1/s1. The zero-order valence-electron chi connectivity index (χ0n) is 14.8. The molecule has 6 nitrogen and oxygen atoms in total. The van der Waals surface area contributed by atoms with Crippen molar-refractivity contribution in [3.63, 3.8) is 0 Å². The number of nitrogens with one attached hydrogen (secondary N) is 2. The van der Waals surface area contributed by atoms with Crippen molar-refractivity contribution in [2.75, 3.05) is 19.0 Å². The molecule has 2 heterocycles. The molecule has 3 N–H and O–H groups in total. The van der Waals surface area contributed by atoms with Crippen molar-refractivity contribution in [2.24, 2.45) is 10.9 Å². The van der Waals surface area contributed by atoms with E-state index < -0.39 is 0 Å². The number of hydrogen-bond acceptors (Lipinski definition) is 5. The third kappa shape index (κ3) is 4.28. The van der Waals surface area contributed by atoms with E-state index in [1.54, 1.807) is 13.3 Å². The molecule has 0 fully saturated rings. The summed E-state index contributed by atoms with van der Waals surface area (Å²) in [5.41, 5.74) is 1.64. The SMILES string of the molecule is COC[C@@H](CC(C)C)Nc1nc(O)c(/C=c2\ccc3c(c2)C=CN=3)[nH]1. The Kier molecular flexibility index (Phi) is 5.19. The molecule has 0 radical (unpaired) electrons. The number of fused-ring (bicyclic) bond motifs is 1. The highest BCUT2D eigenvalue weighted by Crippen LogP contribution is 2.19. The number of anilines is 1. The van der Waals surface area contributed by atoms with Crippen LogP contribution in [0.25, 0.3) is 12.2 Å². The molecular formula is C19H24N4O2. The molecule has 1 aliphatic rings. The Morgan fingerprint density at radius 1 is 1.36 bits per heavy atom. The molecule has 132 valence electrons. The van der Waals surface area contributed by atoms with Crippen molar-refractivity contribution >= 4 is 18.1 Å². The van der Waals surface area contributed by atoms with Crippen molar-refractivity contribution in [3.8, 4) is 5.88 Å². The number of aromatic hydroxyl groups is 1. The normalized spacial score (nSPS) is 14.6. The number of imidazole rings is 1. The fourth-order valence-corrected chi connectivity index (χ4v) is 2.96. The Hall–Kier alpha value is -2.60. The number of rotatable bonds is 7. The van der Waals surface area contributed by atoms with Crippen LogP contribution in [0.4, 0.5) is 5.95 Å². The summed E-state index contributed by atoms with van der Waals surface area (Å²) in [5, 5.41) is 15.4. The second-order valence-corrected chi connectivity index (χ2v) is 6.66. The van der Waals surface area contributed by atoms with Crippen LogP contribution in [0.1, 0.15) is 31.5 Å². The first-order valence-corrected chi connectivity index (χ1v) is 8.46. The summed E-state index contributed by atoms with van der Waals surface area (Å²) in [7, 11) is 1.68. The zero-order chi connectivity index (χ0) is 17.8. The quantitative estimate of drug-likeness (QED) is 0.720. The van der Waals surface area contributed by atoms with Gasteiger partial charge in [-0.15, -0.1) is 0 Å². The van der Waals surface area contributed by atoms with Gasteiger partial charge in [-0.2, -0.15) is 4.98 Å². The highest BCUT2D eigenvalue weighted by Gasteiger charge is 2.14. The molecule has 0 saturated carbocycles. The Morgan fingerprint density at radius 2 is 2.20 bits per heavy atom. The van der Waals surface area contributed by atoms with E-state index in [9.17, 15) is 5.11 Å². The molecule has 0 spiro atoms. The lowest BCUT2D eigenvalue weighted by Crippen LogP contribution is -2.27. The van der Waals surface area contributed by atoms with E-state index in [2.05, 4.69) is 34.1 Å². The van der Waals surface area contributed by atoms with E-state index in [1.165, 1.54) is 0 Å². The van der Waals surface area contributed by atoms with Gasteiger partial charge < -0.3 is 20.1 Å². The summed E-state index contributed by atoms with van der Waals surface area (Å²) in [6, 6.07) is 6.10. The first-order valence-electron chi connectivity index (χ1n) is 8.46. The van der Waals surface area contributed by atoms with Gasteiger partial charge in [0.15, 0.2) is 0 Å². The lowest BCUT2D eigenvalue weighted by atomic mass is 10.0. The average molecular weight is 340 g/mol. The van der Waals surface area contributed by atoms with Crippen LogP contribution >= 0.6 is 0 Å². The molecule has 25 heavy (non-hydrogen) atoms. The van der Waals surface area contributed by atoms with E-state index in [4.69, 9.17) is 4.74 Å². The van der Waals surface area contributed by atoms with Gasteiger partial charge in [0.1, 0.15) is 5.69 Å². The van der Waals surface area contributed by atoms with E-state index in [0.29, 0.717) is 24.2 Å². The Balaban J connectivity index is 1.81. The highest BCUT2D eigenvalue weighted by atomic mass is 16.5. The average Bonchev–Trinajstić information content (AvgIpc) is 3.13. The molecular weight excluding hydrogens is 316 g/mol. The highest BCUT2D eigenvalue weighted by molar-refractivity contribution is 5.57. The number of aromatic amines is 1. The second kappa shape index (κ2) is 7.53. The maximum Gasteiger partial charge on any atom is 0.238 e. The predicted molar refractivity (Wildman–Crippen MR) is 98.8 cm³/mol. The minimum absolute atomic E-state index is 0.0241. The molecule has 3 rings (SSSR count). The van der Waals surface area contributed by atoms with Crippen molar-refractivity contribution in [2.45, 2.75) is 26.3 Å². The van der Waals surface area contributed by atoms with Crippen LogP contribution in [0.5, 0.6) is 5.88 Å². The maximum atomic E-state index is 10.1. The number of benzene rings is 1. The lowest BCUT2D eigenvalue weighted by molar-refractivity contribution is 0.178. The molecule has 1 aliphatic heterocycles. The Morgan fingerprint density at radius 3 is 2.96 bits per heavy atom. The minimum atomic E-state index is -0.0241. The van der Waals surface area contributed by atoms with Gasteiger partial charge in [0.25, 0.3) is 0 Å². The maximum absolute atomic E-state index is 10.1. The third-order valence-corrected chi connectivity index (χ3v) is 4.01. The largest absolute Gasteiger partial charge is 0.492 e. The van der Waals surface area contributed by atoms with Crippen LogP contribution in [0, 0.1) is 5.92 Å². The molecule has 0 amide bonds. The molecule has 0 bridgehead atoms. The van der Waals surface area contributed by atoms with Gasteiger partial charge in [0, 0.05) is 18.9 Å². The molecule has 1 aromatic heterocycles. The van der Waals surface area contributed by atoms with Crippen molar-refractivity contribution < 1.29 is 9.84 Å². The lowest BCUT2D eigenvalue weighted by Gasteiger charge is -2.19. The van der Waals surface area contributed by atoms with Gasteiger partial charge in [0.05, 0.1) is 18.0 Å². The van der Waals surface area contributed by atoms with E-state index in [0.717, 1.165) is 22.6 Å². The summed E-state index contributed by atoms with van der Waals surface area (Å²) >= 11 is 0. The Labute approximate surface area is 147 Å². The molecule has 0 aliphatic carbocycles. The van der Waals surface area contributed by atoms with Crippen molar-refractivity contribution in [1.29, 1.82) is 0 Å². The third-order valence-electron chi connectivity index (χ3n) is 4.01. The number of nitrogens with zero attached hydrogens (tertiary/aromatic N) is 2. The van der Waals surface area contributed by atoms with Gasteiger partial charge in [-0.05, 0) is 41.8 Å². The van der Waals surface area contributed by atoms with E-state index in [-0.39, 0.29) is 11.9 Å². The first-order chi connectivity index (χ1) is 12.0. The topological polar surface area (TPSA) is 82.5 Å². The summed E-state index contributed by atoms with van der Waals surface area (Å²) in [5.74, 6) is 1.05. The monoisotopic (exact) mass is 340 g/mol. The molecule has 1 aromatic carbocycles. The van der Waals surface area contributed by atoms with E-state index in [1.807, 2.05) is 30.4 Å². The number of hydrogen-bond donors (Lipinski definition) is 3. The molecule has 1 atom stereocenters. The predicted octanol–water partition coefficient (Wildman–Crippen LogP) is 2.02. The molecule has 6 heteroatoms. The smallest absolute Gasteiger partial charge is 0.238 e. The second-order valence-electron chi connectivity index (χ2n) is 6.66. The van der Waals surface area contributed by atoms with Gasteiger partial charge in [-0.1, -0.05) is 19.9 Å². The number of aromatic nitrogens is 2. The van der Waals surface area contributed by atoms with Crippen molar-refractivity contribution in [1.82, 2.24) is 9.97 Å². The van der Waals surface area contributed by atoms with Gasteiger partial charge in [0.2, 0.25) is 11.8 Å². The van der Waals surface area contributed by atoms with Gasteiger partial charge in [-0.3, -0.25) is 4.99 Å². The fraction of sp³-hybridized carbons (Fsp3) is 0.368. The van der Waals surface area contributed by atoms with Crippen LogP contribution in [-0.4, -0.2) is 34.8 Å². The summed E-state index contributed by atoms with van der Waals surface area (Å²) in [6.45, 7) is 4.91. The van der Waals surface area contributed by atoms with Crippen LogP contribution in [0.3, 0.4) is 0 Å². The molecule has 2 aromatic rings. The Bertz CT molecular complexity index is 883. The van der Waals surface area contributed by atoms with Crippen LogP contribution in [-0.2, 0) is 4.74 Å². The summed E-state index contributed by atoms with van der Waals surface area (Å²) < 4.78 is 5.26. The minimum Gasteiger partial charge on any atom is -0.492 e. The summed E-state index contributed by atoms with van der Waals surface area (Å²) in [4.78, 5) is 11.6. The van der Waals surface area contributed by atoms with Crippen molar-refractivity contribution in [3.05, 3.63) is 46.2 Å². The van der Waals surface area contributed by atoms with Crippen LogP contribution in [0.2, 0.25) is 0 Å². The number of H-pyrrole nitrogens is 1. The fourth-order valence-electron chi connectivity index (χ4n) is 2.96. The molecule has 0 saturated heterocycles. The van der Waals surface area contributed by atoms with Gasteiger partial charge >= 0.3 is 0 Å². The van der Waals surface area contributed by atoms with Gasteiger partial charge in [-0.25, -0.2) is 0 Å². The number of methoxy groups -OCH3 is 1. The van der Waals surface area contributed by atoms with Crippen LogP contribution < -0.4 is 15.9 Å². The zero-order valence-corrected chi connectivity index (χ0v) is 14.8. The first kappa shape index (κ1) is 17.2. The molecule has 0 unspecified atom stereocenters. The van der Waals surface area contributed by atoms with E-state index >= 15 is 0 Å². The van der Waals surface area contributed by atoms with Crippen LogP contribution in [0.15, 0.2) is 29.4 Å². The number of ether oxygens (including phenoxy) is 1.